The highest BCUT2D eigenvalue weighted by Gasteiger charge is 2.29. The maximum absolute atomic E-state index is 11.8. The Morgan fingerprint density at radius 3 is 2.77 bits per heavy atom. The highest BCUT2D eigenvalue weighted by atomic mass is 32.2. The second-order valence-electron chi connectivity index (χ2n) is 4.98. The molecule has 1 aliphatic heterocycles. The molecule has 1 aliphatic rings. The SMILES string of the molecule is COc1cccc(C(=O)OCC(=O)N[C@@H]2CCS(=O)(=O)C2)c1. The van der Waals surface area contributed by atoms with Crippen molar-refractivity contribution in [1.29, 1.82) is 0 Å². The lowest BCUT2D eigenvalue weighted by molar-refractivity contribution is -0.124. The second kappa shape index (κ2) is 6.78. The minimum absolute atomic E-state index is 0.0669. The van der Waals surface area contributed by atoms with Crippen molar-refractivity contribution in [2.75, 3.05) is 25.2 Å². The first kappa shape index (κ1) is 16.3. The fourth-order valence-electron chi connectivity index (χ4n) is 2.14. The molecule has 0 spiro atoms. The van der Waals surface area contributed by atoms with Crippen LogP contribution in [0.25, 0.3) is 0 Å². The normalized spacial score (nSPS) is 19.4. The summed E-state index contributed by atoms with van der Waals surface area (Å²) < 4.78 is 32.5. The number of nitrogens with one attached hydrogen (secondary N) is 1. The number of carbonyl (C=O) groups is 2. The van der Waals surface area contributed by atoms with Gasteiger partial charge in [-0.15, -0.1) is 0 Å². The van der Waals surface area contributed by atoms with Crippen molar-refractivity contribution >= 4 is 21.7 Å². The number of ether oxygens (including phenoxy) is 2. The Morgan fingerprint density at radius 2 is 2.14 bits per heavy atom. The van der Waals surface area contributed by atoms with Gasteiger partial charge in [0.05, 0.1) is 24.2 Å². The average molecular weight is 327 g/mol. The maximum Gasteiger partial charge on any atom is 0.338 e. The largest absolute Gasteiger partial charge is 0.497 e. The van der Waals surface area contributed by atoms with Crippen LogP contribution < -0.4 is 10.1 Å². The van der Waals surface area contributed by atoms with Crippen LogP contribution in [0.15, 0.2) is 24.3 Å². The number of sulfone groups is 1. The summed E-state index contributed by atoms with van der Waals surface area (Å²) in [4.78, 5) is 23.5. The summed E-state index contributed by atoms with van der Waals surface area (Å²) in [7, 11) is -1.58. The maximum atomic E-state index is 11.8. The lowest BCUT2D eigenvalue weighted by Crippen LogP contribution is -2.38. The summed E-state index contributed by atoms with van der Waals surface area (Å²) in [5.74, 6) is -0.647. The van der Waals surface area contributed by atoms with Crippen molar-refractivity contribution in [1.82, 2.24) is 5.32 Å². The number of esters is 1. The van der Waals surface area contributed by atoms with Crippen LogP contribution in [0.1, 0.15) is 16.8 Å². The van der Waals surface area contributed by atoms with Crippen molar-refractivity contribution in [2.24, 2.45) is 0 Å². The van der Waals surface area contributed by atoms with E-state index in [1.165, 1.54) is 13.2 Å². The fraction of sp³-hybridized carbons (Fsp3) is 0.429. The minimum atomic E-state index is -3.06. The third kappa shape index (κ3) is 4.45. The monoisotopic (exact) mass is 327 g/mol. The predicted molar refractivity (Wildman–Crippen MR) is 78.5 cm³/mol. The summed E-state index contributed by atoms with van der Waals surface area (Å²) in [6.45, 7) is -0.452. The Bertz CT molecular complexity index is 670. The van der Waals surface area contributed by atoms with Crippen LogP contribution in [0, 0.1) is 0 Å². The number of methoxy groups -OCH3 is 1. The first-order valence-electron chi connectivity index (χ1n) is 6.70. The van der Waals surface area contributed by atoms with Gasteiger partial charge >= 0.3 is 5.97 Å². The van der Waals surface area contributed by atoms with E-state index in [1.54, 1.807) is 18.2 Å². The van der Waals surface area contributed by atoms with Gasteiger partial charge in [-0.3, -0.25) is 4.79 Å². The molecular formula is C14H17NO6S. The highest BCUT2D eigenvalue weighted by Crippen LogP contribution is 2.13. The Hall–Kier alpha value is -2.09. The molecule has 0 radical (unpaired) electrons. The number of amides is 1. The molecule has 1 aromatic rings. The zero-order valence-electron chi connectivity index (χ0n) is 12.1. The number of benzene rings is 1. The van der Waals surface area contributed by atoms with E-state index in [1.807, 2.05) is 0 Å². The molecule has 2 rings (SSSR count). The zero-order valence-corrected chi connectivity index (χ0v) is 12.9. The molecule has 0 aromatic heterocycles. The molecule has 1 heterocycles. The molecule has 0 aliphatic carbocycles. The van der Waals surface area contributed by atoms with E-state index in [9.17, 15) is 18.0 Å². The first-order chi connectivity index (χ1) is 10.4. The Balaban J connectivity index is 1.82. The summed E-state index contributed by atoms with van der Waals surface area (Å²) in [6, 6.07) is 5.96. The molecule has 7 nitrogen and oxygen atoms in total. The van der Waals surface area contributed by atoms with Crippen molar-refractivity contribution in [2.45, 2.75) is 12.5 Å². The third-order valence-electron chi connectivity index (χ3n) is 3.24. The molecule has 1 N–H and O–H groups in total. The quantitative estimate of drug-likeness (QED) is 0.773. The van der Waals surface area contributed by atoms with Crippen LogP contribution in [0.2, 0.25) is 0 Å². The average Bonchev–Trinajstić information content (AvgIpc) is 2.83. The molecule has 1 atom stereocenters. The Labute approximate surface area is 128 Å². The smallest absolute Gasteiger partial charge is 0.338 e. The van der Waals surface area contributed by atoms with Crippen LogP contribution in [-0.4, -0.2) is 51.6 Å². The number of rotatable bonds is 5. The number of carbonyl (C=O) groups excluding carboxylic acids is 2. The van der Waals surface area contributed by atoms with Gasteiger partial charge < -0.3 is 14.8 Å². The third-order valence-corrected chi connectivity index (χ3v) is 5.01. The molecule has 0 bridgehead atoms. The molecule has 1 fully saturated rings. The van der Waals surface area contributed by atoms with Gasteiger partial charge in [-0.25, -0.2) is 13.2 Å². The molecule has 1 amide bonds. The summed E-state index contributed by atoms with van der Waals surface area (Å²) in [6.07, 6.45) is 0.387. The van der Waals surface area contributed by atoms with E-state index in [0.29, 0.717) is 12.2 Å². The van der Waals surface area contributed by atoms with Gasteiger partial charge in [-0.2, -0.15) is 0 Å². The van der Waals surface area contributed by atoms with Gasteiger partial charge in [-0.1, -0.05) is 6.07 Å². The van der Waals surface area contributed by atoms with Gasteiger partial charge in [0.25, 0.3) is 5.91 Å². The zero-order chi connectivity index (χ0) is 16.2. The molecule has 0 unspecified atom stereocenters. The molecule has 120 valence electrons. The molecule has 1 saturated heterocycles. The van der Waals surface area contributed by atoms with Gasteiger partial charge in [0.15, 0.2) is 16.4 Å². The number of hydrogen-bond acceptors (Lipinski definition) is 6. The van der Waals surface area contributed by atoms with Crippen molar-refractivity contribution < 1.29 is 27.5 Å². The van der Waals surface area contributed by atoms with E-state index in [0.717, 1.165) is 0 Å². The fourth-order valence-corrected chi connectivity index (χ4v) is 3.82. The van der Waals surface area contributed by atoms with Gasteiger partial charge in [0.1, 0.15) is 5.75 Å². The predicted octanol–water partition coefficient (Wildman–Crippen LogP) is 0.155. The van der Waals surface area contributed by atoms with E-state index in [4.69, 9.17) is 9.47 Å². The molecule has 8 heteroatoms. The van der Waals surface area contributed by atoms with Gasteiger partial charge in [0.2, 0.25) is 0 Å². The lowest BCUT2D eigenvalue weighted by atomic mass is 10.2. The van der Waals surface area contributed by atoms with Crippen LogP contribution in [0.4, 0.5) is 0 Å². The van der Waals surface area contributed by atoms with Crippen LogP contribution in [0.3, 0.4) is 0 Å². The van der Waals surface area contributed by atoms with Gasteiger partial charge in [-0.05, 0) is 24.6 Å². The Kier molecular flexibility index (Phi) is 5.02. The second-order valence-corrected chi connectivity index (χ2v) is 7.20. The van der Waals surface area contributed by atoms with E-state index in [-0.39, 0.29) is 17.1 Å². The lowest BCUT2D eigenvalue weighted by Gasteiger charge is -2.11. The molecule has 0 saturated carbocycles. The molecule has 1 aromatic carbocycles. The standard InChI is InChI=1S/C14H17NO6S/c1-20-12-4-2-3-10(7-12)14(17)21-8-13(16)15-11-5-6-22(18,19)9-11/h2-4,7,11H,5-6,8-9H2,1H3,(H,15,16)/t11-/m1/s1. The van der Waals surface area contributed by atoms with Crippen LogP contribution in [0.5, 0.6) is 5.75 Å². The summed E-state index contributed by atoms with van der Waals surface area (Å²) >= 11 is 0. The number of hydrogen-bond donors (Lipinski definition) is 1. The highest BCUT2D eigenvalue weighted by molar-refractivity contribution is 7.91. The minimum Gasteiger partial charge on any atom is -0.497 e. The van der Waals surface area contributed by atoms with Crippen molar-refractivity contribution in [3.63, 3.8) is 0 Å². The van der Waals surface area contributed by atoms with E-state index < -0.39 is 34.4 Å². The Morgan fingerprint density at radius 1 is 1.36 bits per heavy atom. The van der Waals surface area contributed by atoms with Crippen LogP contribution in [-0.2, 0) is 19.4 Å². The summed E-state index contributed by atoms with van der Waals surface area (Å²) in [5, 5.41) is 2.54. The molecule has 22 heavy (non-hydrogen) atoms. The van der Waals surface area contributed by atoms with Crippen molar-refractivity contribution in [3.05, 3.63) is 29.8 Å². The first-order valence-corrected chi connectivity index (χ1v) is 8.53. The van der Waals surface area contributed by atoms with Crippen LogP contribution >= 0.6 is 0 Å². The van der Waals surface area contributed by atoms with E-state index in [2.05, 4.69) is 5.32 Å². The van der Waals surface area contributed by atoms with Crippen molar-refractivity contribution in [3.8, 4) is 5.75 Å². The van der Waals surface area contributed by atoms with Gasteiger partial charge in [0, 0.05) is 6.04 Å². The van der Waals surface area contributed by atoms with E-state index >= 15 is 0 Å². The topological polar surface area (TPSA) is 98.8 Å². The summed E-state index contributed by atoms with van der Waals surface area (Å²) in [5.41, 5.74) is 0.274. The molecular weight excluding hydrogens is 310 g/mol.